The van der Waals surface area contributed by atoms with Gasteiger partial charge in [0.2, 0.25) is 5.91 Å². The van der Waals surface area contributed by atoms with Crippen LogP contribution in [0.4, 0.5) is 5.69 Å². The standard InChI is InChI=1S/C27H27N5OS/c1-17(2)19-7-5-9-22(11-19)32-14-23-25(33)31(3)26(29)30-27(23,16-32)24-12-21(15-34-24)20-8-4-6-18(10-20)13-28/h4-12,15,17,23H,14,16H2,1-3H3,(H2,29,30)/t23?,27-/m0/s1. The van der Waals surface area contributed by atoms with Crippen LogP contribution in [0.25, 0.3) is 11.1 Å². The zero-order valence-corrected chi connectivity index (χ0v) is 20.3. The molecule has 0 radical (unpaired) electrons. The highest BCUT2D eigenvalue weighted by atomic mass is 32.1. The summed E-state index contributed by atoms with van der Waals surface area (Å²) in [6.45, 7) is 5.53. The van der Waals surface area contributed by atoms with Gasteiger partial charge in [-0.2, -0.15) is 5.26 Å². The normalized spacial score (nSPS) is 22.0. The van der Waals surface area contributed by atoms with E-state index in [1.807, 2.05) is 18.2 Å². The lowest BCUT2D eigenvalue weighted by Crippen LogP contribution is -2.54. The molecule has 0 aliphatic carbocycles. The van der Waals surface area contributed by atoms with Crippen molar-refractivity contribution in [1.82, 2.24) is 4.90 Å². The Morgan fingerprint density at radius 2 is 1.97 bits per heavy atom. The lowest BCUT2D eigenvalue weighted by molar-refractivity contribution is -0.132. The Bertz CT molecular complexity index is 1340. The number of aliphatic imine (C=N–C) groups is 1. The molecule has 5 rings (SSSR count). The third kappa shape index (κ3) is 3.55. The number of rotatable bonds is 4. The fourth-order valence-electron chi connectivity index (χ4n) is 4.92. The molecule has 3 aromatic rings. The molecule has 1 unspecified atom stereocenters. The van der Waals surface area contributed by atoms with E-state index >= 15 is 0 Å². The molecule has 0 saturated carbocycles. The molecule has 2 aliphatic heterocycles. The topological polar surface area (TPSA) is 85.7 Å². The average molecular weight is 470 g/mol. The number of hydrogen-bond donors (Lipinski definition) is 1. The number of hydrogen-bond acceptors (Lipinski definition) is 6. The molecule has 7 heteroatoms. The van der Waals surface area contributed by atoms with Crippen molar-refractivity contribution in [2.24, 2.45) is 16.6 Å². The smallest absolute Gasteiger partial charge is 0.236 e. The SMILES string of the molecule is CC(C)c1cccc(N2CC3C(=O)N(C)C(N)=N[C@@]3(c3cc(-c4cccc(C#N)c4)cs3)C2)c1. The minimum absolute atomic E-state index is 0.00329. The van der Waals surface area contributed by atoms with Gasteiger partial charge in [0.1, 0.15) is 5.54 Å². The maximum atomic E-state index is 13.4. The van der Waals surface area contributed by atoms with E-state index in [9.17, 15) is 10.1 Å². The predicted octanol–water partition coefficient (Wildman–Crippen LogP) is 4.53. The fourth-order valence-corrected chi connectivity index (χ4v) is 6.03. The van der Waals surface area contributed by atoms with Crippen LogP contribution in [0.1, 0.15) is 35.8 Å². The molecular weight excluding hydrogens is 442 g/mol. The summed E-state index contributed by atoms with van der Waals surface area (Å²) < 4.78 is 0. The van der Waals surface area contributed by atoms with Crippen LogP contribution in [0.3, 0.4) is 0 Å². The number of nitrogens with two attached hydrogens (primary N) is 1. The number of nitriles is 1. The molecule has 34 heavy (non-hydrogen) atoms. The Balaban J connectivity index is 1.58. The molecule has 6 nitrogen and oxygen atoms in total. The van der Waals surface area contributed by atoms with E-state index in [1.54, 1.807) is 24.5 Å². The van der Waals surface area contributed by atoms with Gasteiger partial charge in [-0.25, -0.2) is 4.99 Å². The van der Waals surface area contributed by atoms with E-state index in [1.165, 1.54) is 10.5 Å². The summed E-state index contributed by atoms with van der Waals surface area (Å²) in [5.41, 5.74) is 10.5. The lowest BCUT2D eigenvalue weighted by atomic mass is 9.83. The second kappa shape index (κ2) is 8.30. The van der Waals surface area contributed by atoms with E-state index in [2.05, 4.69) is 60.5 Å². The molecule has 2 atom stereocenters. The lowest BCUT2D eigenvalue weighted by Gasteiger charge is -2.36. The Hall–Kier alpha value is -3.63. The molecule has 1 aromatic heterocycles. The van der Waals surface area contributed by atoms with Gasteiger partial charge in [-0.1, -0.05) is 38.1 Å². The van der Waals surface area contributed by atoms with E-state index in [0.29, 0.717) is 24.6 Å². The quantitative estimate of drug-likeness (QED) is 0.608. The second-order valence-electron chi connectivity index (χ2n) is 9.37. The number of guanidine groups is 1. The number of carbonyl (C=O) groups excluding carboxylic acids is 1. The van der Waals surface area contributed by atoms with Crippen LogP contribution in [0, 0.1) is 17.2 Å². The Morgan fingerprint density at radius 3 is 2.74 bits per heavy atom. The maximum absolute atomic E-state index is 13.4. The number of fused-ring (bicyclic) bond motifs is 1. The molecule has 2 aromatic carbocycles. The largest absolute Gasteiger partial charge is 0.369 e. The van der Waals surface area contributed by atoms with Crippen molar-refractivity contribution in [2.45, 2.75) is 25.3 Å². The zero-order chi connectivity index (χ0) is 24.0. The number of carbonyl (C=O) groups is 1. The number of anilines is 1. The molecule has 1 fully saturated rings. The van der Waals surface area contributed by atoms with Crippen molar-refractivity contribution < 1.29 is 4.79 Å². The van der Waals surface area contributed by atoms with Crippen LogP contribution in [0.5, 0.6) is 0 Å². The van der Waals surface area contributed by atoms with Gasteiger partial charge < -0.3 is 10.6 Å². The monoisotopic (exact) mass is 469 g/mol. The highest BCUT2D eigenvalue weighted by molar-refractivity contribution is 7.10. The van der Waals surface area contributed by atoms with Gasteiger partial charge in [0.15, 0.2) is 5.96 Å². The highest BCUT2D eigenvalue weighted by Gasteiger charge is 2.56. The molecule has 3 heterocycles. The van der Waals surface area contributed by atoms with Gasteiger partial charge in [0, 0.05) is 30.7 Å². The van der Waals surface area contributed by atoms with Crippen molar-refractivity contribution in [3.05, 3.63) is 76.0 Å². The summed E-state index contributed by atoms with van der Waals surface area (Å²) >= 11 is 1.60. The number of benzene rings is 2. The van der Waals surface area contributed by atoms with Crippen molar-refractivity contribution in [3.63, 3.8) is 0 Å². The molecule has 2 aliphatic rings. The van der Waals surface area contributed by atoms with E-state index in [0.717, 1.165) is 21.7 Å². The van der Waals surface area contributed by atoms with Gasteiger partial charge in [0.05, 0.1) is 17.6 Å². The first-order valence-electron chi connectivity index (χ1n) is 11.4. The molecular formula is C27H27N5OS. The number of thiophene rings is 1. The predicted molar refractivity (Wildman–Crippen MR) is 137 cm³/mol. The van der Waals surface area contributed by atoms with Crippen LogP contribution in [0.15, 0.2) is 65.0 Å². The minimum atomic E-state index is -0.739. The molecule has 172 valence electrons. The summed E-state index contributed by atoms with van der Waals surface area (Å²) in [7, 11) is 1.69. The third-order valence-electron chi connectivity index (χ3n) is 6.95. The van der Waals surface area contributed by atoms with Crippen LogP contribution < -0.4 is 10.6 Å². The maximum Gasteiger partial charge on any atom is 0.236 e. The van der Waals surface area contributed by atoms with Crippen LogP contribution in [-0.4, -0.2) is 36.9 Å². The third-order valence-corrected chi connectivity index (χ3v) is 8.05. The number of nitrogens with zero attached hydrogens (tertiary/aromatic N) is 4. The Kier molecular flexibility index (Phi) is 5.41. The van der Waals surface area contributed by atoms with Gasteiger partial charge in [-0.05, 0) is 58.3 Å². The van der Waals surface area contributed by atoms with Crippen molar-refractivity contribution in [2.75, 3.05) is 25.0 Å². The van der Waals surface area contributed by atoms with Gasteiger partial charge >= 0.3 is 0 Å². The van der Waals surface area contributed by atoms with E-state index in [4.69, 9.17) is 10.7 Å². The minimum Gasteiger partial charge on any atom is -0.369 e. The van der Waals surface area contributed by atoms with Crippen molar-refractivity contribution in [1.29, 1.82) is 5.26 Å². The van der Waals surface area contributed by atoms with Crippen LogP contribution in [-0.2, 0) is 10.3 Å². The van der Waals surface area contributed by atoms with E-state index < -0.39 is 5.54 Å². The highest BCUT2D eigenvalue weighted by Crippen LogP contribution is 2.48. The molecule has 1 amide bonds. The average Bonchev–Trinajstić information content (AvgIpc) is 3.49. The van der Waals surface area contributed by atoms with Gasteiger partial charge in [-0.15, -0.1) is 11.3 Å². The first-order chi connectivity index (χ1) is 16.3. The van der Waals surface area contributed by atoms with Gasteiger partial charge in [0.25, 0.3) is 0 Å². The fraction of sp³-hybridized carbons (Fsp3) is 0.296. The molecule has 1 saturated heterocycles. The summed E-state index contributed by atoms with van der Waals surface area (Å²) in [4.78, 5) is 23.1. The molecule has 2 N–H and O–H groups in total. The molecule has 0 bridgehead atoms. The summed E-state index contributed by atoms with van der Waals surface area (Å²) in [5.74, 6) is 0.339. The summed E-state index contributed by atoms with van der Waals surface area (Å²) in [6.07, 6.45) is 0. The Labute approximate surface area is 203 Å². The zero-order valence-electron chi connectivity index (χ0n) is 19.5. The van der Waals surface area contributed by atoms with Crippen molar-refractivity contribution in [3.8, 4) is 17.2 Å². The number of amides is 1. The first-order valence-corrected chi connectivity index (χ1v) is 12.3. The van der Waals surface area contributed by atoms with Gasteiger partial charge in [-0.3, -0.25) is 9.69 Å². The summed E-state index contributed by atoms with van der Waals surface area (Å²) in [5, 5.41) is 11.4. The first kappa shape index (κ1) is 22.2. The van der Waals surface area contributed by atoms with Crippen LogP contribution >= 0.6 is 11.3 Å². The second-order valence-corrected chi connectivity index (χ2v) is 10.3. The van der Waals surface area contributed by atoms with E-state index in [-0.39, 0.29) is 17.8 Å². The van der Waals surface area contributed by atoms with Crippen LogP contribution in [0.2, 0.25) is 0 Å². The summed E-state index contributed by atoms with van der Waals surface area (Å²) in [6, 6.07) is 20.4. The van der Waals surface area contributed by atoms with Crippen molar-refractivity contribution >= 4 is 28.9 Å². The Morgan fingerprint density at radius 1 is 1.18 bits per heavy atom. The molecule has 0 spiro atoms.